The van der Waals surface area contributed by atoms with Crippen LogP contribution in [0.25, 0.3) is 0 Å². The van der Waals surface area contributed by atoms with Crippen molar-refractivity contribution in [2.75, 3.05) is 5.75 Å². The quantitative estimate of drug-likeness (QED) is 0.731. The summed E-state index contributed by atoms with van der Waals surface area (Å²) >= 11 is 1.72. The van der Waals surface area contributed by atoms with Crippen molar-refractivity contribution in [1.29, 1.82) is 0 Å². The van der Waals surface area contributed by atoms with Crippen LogP contribution in [-0.4, -0.2) is 17.0 Å². The van der Waals surface area contributed by atoms with E-state index in [4.69, 9.17) is 0 Å². The zero-order valence-corrected chi connectivity index (χ0v) is 8.76. The number of aliphatic hydroxyl groups is 1. The monoisotopic (exact) mass is 196 g/mol. The van der Waals surface area contributed by atoms with Gasteiger partial charge in [-0.2, -0.15) is 0 Å². The van der Waals surface area contributed by atoms with Crippen molar-refractivity contribution in [1.82, 2.24) is 0 Å². The average molecular weight is 196 g/mol. The van der Waals surface area contributed by atoms with Gasteiger partial charge in [-0.3, -0.25) is 0 Å². The lowest BCUT2D eigenvalue weighted by Gasteiger charge is -2.07. The second kappa shape index (κ2) is 6.06. The van der Waals surface area contributed by atoms with Gasteiger partial charge in [0.2, 0.25) is 0 Å². The predicted molar refractivity (Wildman–Crippen MR) is 58.1 cm³/mol. The first-order chi connectivity index (χ1) is 6.33. The Kier molecular flexibility index (Phi) is 4.94. The summed E-state index contributed by atoms with van der Waals surface area (Å²) in [6.07, 6.45) is 1.80. The standard InChI is InChI=1S/C11H16OS/c1-2-6-10(12)9-13-11-7-4-3-5-8-11/h3-5,7-8,10,12H,2,6,9H2,1H3. The van der Waals surface area contributed by atoms with Crippen molar-refractivity contribution in [2.45, 2.75) is 30.8 Å². The van der Waals surface area contributed by atoms with Gasteiger partial charge in [0.1, 0.15) is 0 Å². The number of aliphatic hydroxyl groups excluding tert-OH is 1. The van der Waals surface area contributed by atoms with Crippen LogP contribution < -0.4 is 0 Å². The van der Waals surface area contributed by atoms with Crippen LogP contribution in [0.4, 0.5) is 0 Å². The Labute approximate surface area is 84.2 Å². The molecule has 0 fully saturated rings. The van der Waals surface area contributed by atoms with E-state index >= 15 is 0 Å². The molecule has 1 atom stereocenters. The summed E-state index contributed by atoms with van der Waals surface area (Å²) in [5.74, 6) is 0.803. The first-order valence-electron chi connectivity index (χ1n) is 4.69. The SMILES string of the molecule is CCCC(O)CSc1ccccc1. The van der Waals surface area contributed by atoms with Crippen LogP contribution in [0.1, 0.15) is 19.8 Å². The molecule has 0 amide bonds. The van der Waals surface area contributed by atoms with Crippen molar-refractivity contribution in [2.24, 2.45) is 0 Å². The van der Waals surface area contributed by atoms with Gasteiger partial charge < -0.3 is 5.11 Å². The largest absolute Gasteiger partial charge is 0.392 e. The minimum absolute atomic E-state index is 0.157. The molecule has 72 valence electrons. The third-order valence-corrected chi connectivity index (χ3v) is 2.96. The van der Waals surface area contributed by atoms with Crippen molar-refractivity contribution in [3.8, 4) is 0 Å². The van der Waals surface area contributed by atoms with Crippen LogP contribution in [-0.2, 0) is 0 Å². The van der Waals surface area contributed by atoms with Gasteiger partial charge in [0.25, 0.3) is 0 Å². The normalized spacial score (nSPS) is 12.8. The number of hydrogen-bond donors (Lipinski definition) is 1. The maximum Gasteiger partial charge on any atom is 0.0634 e. The van der Waals surface area contributed by atoms with Crippen LogP contribution in [0.2, 0.25) is 0 Å². The highest BCUT2D eigenvalue weighted by molar-refractivity contribution is 7.99. The fraction of sp³-hybridized carbons (Fsp3) is 0.455. The van der Waals surface area contributed by atoms with Crippen LogP contribution >= 0.6 is 11.8 Å². The van der Waals surface area contributed by atoms with E-state index in [1.54, 1.807) is 11.8 Å². The van der Waals surface area contributed by atoms with Gasteiger partial charge in [0.05, 0.1) is 6.10 Å². The lowest BCUT2D eigenvalue weighted by atomic mass is 10.2. The van der Waals surface area contributed by atoms with Gasteiger partial charge in [-0.1, -0.05) is 31.5 Å². The molecule has 0 saturated carbocycles. The van der Waals surface area contributed by atoms with E-state index in [1.807, 2.05) is 18.2 Å². The maximum atomic E-state index is 9.49. The Hall–Kier alpha value is -0.470. The molecule has 0 aromatic heterocycles. The van der Waals surface area contributed by atoms with E-state index in [2.05, 4.69) is 19.1 Å². The lowest BCUT2D eigenvalue weighted by Crippen LogP contribution is -2.08. The molecule has 0 heterocycles. The molecule has 0 saturated heterocycles. The molecule has 0 radical (unpaired) electrons. The molecule has 0 bridgehead atoms. The number of hydrogen-bond acceptors (Lipinski definition) is 2. The minimum atomic E-state index is -0.157. The second-order valence-corrected chi connectivity index (χ2v) is 4.16. The second-order valence-electron chi connectivity index (χ2n) is 3.07. The molecule has 0 aliphatic carbocycles. The van der Waals surface area contributed by atoms with Crippen molar-refractivity contribution < 1.29 is 5.11 Å². The van der Waals surface area contributed by atoms with E-state index in [9.17, 15) is 5.11 Å². The third kappa shape index (κ3) is 4.34. The van der Waals surface area contributed by atoms with Crippen molar-refractivity contribution in [3.63, 3.8) is 0 Å². The number of rotatable bonds is 5. The molecular formula is C11H16OS. The number of thioether (sulfide) groups is 1. The molecule has 2 heteroatoms. The van der Waals surface area contributed by atoms with Crippen LogP contribution in [0.15, 0.2) is 35.2 Å². The Balaban J connectivity index is 2.27. The highest BCUT2D eigenvalue weighted by atomic mass is 32.2. The highest BCUT2D eigenvalue weighted by Gasteiger charge is 2.02. The molecule has 13 heavy (non-hydrogen) atoms. The Morgan fingerprint density at radius 1 is 1.31 bits per heavy atom. The van der Waals surface area contributed by atoms with E-state index in [0.717, 1.165) is 18.6 Å². The Morgan fingerprint density at radius 3 is 2.62 bits per heavy atom. The summed E-state index contributed by atoms with van der Waals surface area (Å²) < 4.78 is 0. The van der Waals surface area contributed by atoms with Crippen LogP contribution in [0, 0.1) is 0 Å². The predicted octanol–water partition coefficient (Wildman–Crippen LogP) is 2.94. The Bertz CT molecular complexity index is 223. The molecule has 1 aromatic carbocycles. The van der Waals surface area contributed by atoms with Crippen molar-refractivity contribution in [3.05, 3.63) is 30.3 Å². The van der Waals surface area contributed by atoms with Gasteiger partial charge >= 0.3 is 0 Å². The molecule has 0 spiro atoms. The van der Waals surface area contributed by atoms with E-state index < -0.39 is 0 Å². The topological polar surface area (TPSA) is 20.2 Å². The minimum Gasteiger partial charge on any atom is -0.392 e. The molecule has 0 aliphatic rings. The molecule has 1 nitrogen and oxygen atoms in total. The Morgan fingerprint density at radius 2 is 2.00 bits per heavy atom. The molecule has 0 aliphatic heterocycles. The summed E-state index contributed by atoms with van der Waals surface area (Å²) in [7, 11) is 0. The van der Waals surface area contributed by atoms with E-state index in [-0.39, 0.29) is 6.10 Å². The van der Waals surface area contributed by atoms with Crippen LogP contribution in [0.5, 0.6) is 0 Å². The van der Waals surface area contributed by atoms with E-state index in [1.165, 1.54) is 4.90 Å². The third-order valence-electron chi connectivity index (χ3n) is 1.81. The number of benzene rings is 1. The summed E-state index contributed by atoms with van der Waals surface area (Å²) in [4.78, 5) is 1.23. The summed E-state index contributed by atoms with van der Waals surface area (Å²) in [5.41, 5.74) is 0. The van der Waals surface area contributed by atoms with Crippen LogP contribution in [0.3, 0.4) is 0 Å². The van der Waals surface area contributed by atoms with E-state index in [0.29, 0.717) is 0 Å². The molecular weight excluding hydrogens is 180 g/mol. The summed E-state index contributed by atoms with van der Waals surface area (Å²) in [6, 6.07) is 10.2. The fourth-order valence-electron chi connectivity index (χ4n) is 1.13. The maximum absolute atomic E-state index is 9.49. The summed E-state index contributed by atoms with van der Waals surface area (Å²) in [5, 5.41) is 9.49. The first kappa shape index (κ1) is 10.6. The zero-order chi connectivity index (χ0) is 9.52. The van der Waals surface area contributed by atoms with Gasteiger partial charge in [0, 0.05) is 10.6 Å². The van der Waals surface area contributed by atoms with Gasteiger partial charge in [-0.15, -0.1) is 11.8 Å². The highest BCUT2D eigenvalue weighted by Crippen LogP contribution is 2.18. The first-order valence-corrected chi connectivity index (χ1v) is 5.67. The lowest BCUT2D eigenvalue weighted by molar-refractivity contribution is 0.188. The smallest absolute Gasteiger partial charge is 0.0634 e. The zero-order valence-electron chi connectivity index (χ0n) is 7.94. The average Bonchev–Trinajstić information content (AvgIpc) is 2.17. The fourth-order valence-corrected chi connectivity index (χ4v) is 2.03. The molecule has 1 aromatic rings. The van der Waals surface area contributed by atoms with Crippen molar-refractivity contribution >= 4 is 11.8 Å². The van der Waals surface area contributed by atoms with Gasteiger partial charge in [0.15, 0.2) is 0 Å². The molecule has 1 unspecified atom stereocenters. The molecule has 1 rings (SSSR count). The van der Waals surface area contributed by atoms with Gasteiger partial charge in [-0.25, -0.2) is 0 Å². The summed E-state index contributed by atoms with van der Waals surface area (Å²) in [6.45, 7) is 2.09. The van der Waals surface area contributed by atoms with Gasteiger partial charge in [-0.05, 0) is 18.6 Å². The molecule has 1 N–H and O–H groups in total.